The molecule has 2 unspecified atom stereocenters. The van der Waals surface area contributed by atoms with Gasteiger partial charge in [-0.1, -0.05) is 41.3 Å². The van der Waals surface area contributed by atoms with Gasteiger partial charge in [-0.25, -0.2) is 13.7 Å². The van der Waals surface area contributed by atoms with E-state index in [2.05, 4.69) is 5.32 Å². The highest BCUT2D eigenvalue weighted by molar-refractivity contribution is 8.00. The molecule has 0 saturated carbocycles. The van der Waals surface area contributed by atoms with Crippen molar-refractivity contribution in [2.75, 3.05) is 10.2 Å². The van der Waals surface area contributed by atoms with E-state index in [0.29, 0.717) is 15.3 Å². The van der Waals surface area contributed by atoms with Crippen molar-refractivity contribution in [2.24, 2.45) is 5.92 Å². The summed E-state index contributed by atoms with van der Waals surface area (Å²) in [6, 6.07) is 14.0. The summed E-state index contributed by atoms with van der Waals surface area (Å²) in [5.74, 6) is -5.27. The Morgan fingerprint density at radius 3 is 2.19 bits per heavy atom. The fourth-order valence-electron chi connectivity index (χ4n) is 5.24. The van der Waals surface area contributed by atoms with E-state index < -0.39 is 69.6 Å². The molecule has 0 spiro atoms. The van der Waals surface area contributed by atoms with Crippen LogP contribution >= 0.6 is 23.1 Å². The van der Waals surface area contributed by atoms with Crippen molar-refractivity contribution in [1.82, 2.24) is 4.57 Å². The van der Waals surface area contributed by atoms with Crippen LogP contribution in [-0.2, 0) is 27.1 Å². The SMILES string of the molecule is O=C(Cn1c2c(sc1=O)[C@H](c1ccc(F)cc1)C1C(=O)N(c3cccc(C(F)(F)F)c3)C(=O)C1S2)Nc1ccc(F)cc1. The number of imide groups is 1. The van der Waals surface area contributed by atoms with Gasteiger partial charge >= 0.3 is 11.0 Å². The quantitative estimate of drug-likeness (QED) is 0.228. The predicted octanol–water partition coefficient (Wildman–Crippen LogP) is 5.64. The molecular weight excluding hydrogens is 613 g/mol. The molecule has 2 aliphatic heterocycles. The highest BCUT2D eigenvalue weighted by Gasteiger charge is 2.57. The molecule has 14 heteroatoms. The highest BCUT2D eigenvalue weighted by atomic mass is 32.2. The van der Waals surface area contributed by atoms with Crippen LogP contribution < -0.4 is 15.1 Å². The van der Waals surface area contributed by atoms with Crippen LogP contribution in [0.4, 0.5) is 33.3 Å². The lowest BCUT2D eigenvalue weighted by Gasteiger charge is -2.30. The lowest BCUT2D eigenvalue weighted by molar-refractivity contribution is -0.137. The third kappa shape index (κ3) is 5.25. The number of hydrogen-bond acceptors (Lipinski definition) is 6. The topological polar surface area (TPSA) is 88.5 Å². The van der Waals surface area contributed by atoms with E-state index in [1.165, 1.54) is 30.3 Å². The summed E-state index contributed by atoms with van der Waals surface area (Å²) in [6.07, 6.45) is -4.71. The molecule has 1 fully saturated rings. The first-order valence-electron chi connectivity index (χ1n) is 12.7. The molecular formula is C29H18F5N3O4S2. The van der Waals surface area contributed by atoms with Gasteiger partial charge in [0, 0.05) is 16.5 Å². The van der Waals surface area contributed by atoms with E-state index >= 15 is 0 Å². The molecule has 0 bridgehead atoms. The Kier molecular flexibility index (Phi) is 7.21. The number of alkyl halides is 3. The molecule has 0 radical (unpaired) electrons. The van der Waals surface area contributed by atoms with E-state index in [1.54, 1.807) is 0 Å². The zero-order valence-corrected chi connectivity index (χ0v) is 23.2. The molecule has 3 heterocycles. The van der Waals surface area contributed by atoms with E-state index in [-0.39, 0.29) is 16.4 Å². The van der Waals surface area contributed by atoms with Crippen LogP contribution in [-0.4, -0.2) is 27.5 Å². The largest absolute Gasteiger partial charge is 0.416 e. The van der Waals surface area contributed by atoms with Gasteiger partial charge in [-0.2, -0.15) is 13.2 Å². The van der Waals surface area contributed by atoms with Crippen molar-refractivity contribution >= 4 is 52.2 Å². The number of carbonyl (C=O) groups excluding carboxylic acids is 3. The second kappa shape index (κ2) is 10.8. The van der Waals surface area contributed by atoms with Gasteiger partial charge in [-0.05, 0) is 60.2 Å². The summed E-state index contributed by atoms with van der Waals surface area (Å²) in [4.78, 5) is 54.1. The maximum atomic E-state index is 13.8. The molecule has 4 aromatic rings. The van der Waals surface area contributed by atoms with Crippen LogP contribution in [0.15, 0.2) is 82.6 Å². The number of amides is 3. The minimum absolute atomic E-state index is 0.242. The van der Waals surface area contributed by atoms with Gasteiger partial charge in [0.05, 0.1) is 22.2 Å². The third-order valence-corrected chi connectivity index (χ3v) is 9.74. The summed E-state index contributed by atoms with van der Waals surface area (Å²) in [5, 5.41) is 1.66. The molecule has 2 aliphatic rings. The number of nitrogens with one attached hydrogen (secondary N) is 1. The molecule has 3 atom stereocenters. The normalized spacial score (nSPS) is 19.7. The fourth-order valence-corrected chi connectivity index (χ4v) is 8.01. The second-order valence-electron chi connectivity index (χ2n) is 9.83. The van der Waals surface area contributed by atoms with Crippen molar-refractivity contribution < 1.29 is 36.3 Å². The van der Waals surface area contributed by atoms with Crippen molar-refractivity contribution in [3.8, 4) is 0 Å². The first-order chi connectivity index (χ1) is 20.4. The Bertz CT molecular complexity index is 1820. The van der Waals surface area contributed by atoms with E-state index in [9.17, 15) is 41.1 Å². The zero-order chi connectivity index (χ0) is 30.6. The third-order valence-electron chi connectivity index (χ3n) is 7.14. The Morgan fingerprint density at radius 1 is 0.884 bits per heavy atom. The molecule has 7 nitrogen and oxygen atoms in total. The number of carbonyl (C=O) groups is 3. The van der Waals surface area contributed by atoms with E-state index in [4.69, 9.17) is 0 Å². The number of thiazole rings is 1. The van der Waals surface area contributed by atoms with Crippen molar-refractivity contribution in [3.63, 3.8) is 0 Å². The molecule has 220 valence electrons. The lowest BCUT2D eigenvalue weighted by Crippen LogP contribution is -2.33. The molecule has 43 heavy (non-hydrogen) atoms. The molecule has 3 amide bonds. The molecule has 1 aromatic heterocycles. The number of thioether (sulfide) groups is 1. The van der Waals surface area contributed by atoms with Gasteiger partial charge in [-0.3, -0.25) is 23.7 Å². The standard InChI is InChI=1S/C29H18F5N3O4S2/c30-16-6-4-14(5-7-16)21-22-23(26(40)37(25(22)39)19-3-1-2-15(12-19)29(32,33)34)42-27-24(21)43-28(41)36(27)13-20(38)35-18-10-8-17(31)9-11-18/h1-12,21-23H,13H2,(H,35,38)/t21-,22?,23?/m1/s1. The second-order valence-corrected chi connectivity index (χ2v) is 12.0. The van der Waals surface area contributed by atoms with Gasteiger partial charge in [0.15, 0.2) is 0 Å². The number of anilines is 2. The number of hydrogen-bond donors (Lipinski definition) is 1. The van der Waals surface area contributed by atoms with Crippen LogP contribution in [0.25, 0.3) is 0 Å². The molecule has 0 aliphatic carbocycles. The Morgan fingerprint density at radius 2 is 1.53 bits per heavy atom. The number of halogens is 5. The number of nitrogens with zero attached hydrogens (tertiary/aromatic N) is 2. The Hall–Kier alpha value is -4.30. The predicted molar refractivity (Wildman–Crippen MR) is 149 cm³/mol. The smallest absolute Gasteiger partial charge is 0.325 e. The first kappa shape index (κ1) is 28.8. The summed E-state index contributed by atoms with van der Waals surface area (Å²) in [5.41, 5.74) is -0.594. The average molecular weight is 632 g/mol. The van der Waals surface area contributed by atoms with Gasteiger partial charge in [0.25, 0.3) is 0 Å². The van der Waals surface area contributed by atoms with Crippen molar-refractivity contribution in [2.45, 2.75) is 28.9 Å². The molecule has 3 aromatic carbocycles. The van der Waals surface area contributed by atoms with Gasteiger partial charge in [0.1, 0.15) is 23.4 Å². The highest BCUT2D eigenvalue weighted by Crippen LogP contribution is 2.54. The van der Waals surface area contributed by atoms with Crippen LogP contribution in [0, 0.1) is 17.6 Å². The molecule has 6 rings (SSSR count). The van der Waals surface area contributed by atoms with Gasteiger partial charge < -0.3 is 5.32 Å². The summed E-state index contributed by atoms with van der Waals surface area (Å²) >= 11 is 1.64. The fraction of sp³-hybridized carbons (Fsp3) is 0.172. The number of aromatic nitrogens is 1. The van der Waals surface area contributed by atoms with E-state index in [1.807, 2.05) is 0 Å². The zero-order valence-electron chi connectivity index (χ0n) is 21.6. The summed E-state index contributed by atoms with van der Waals surface area (Å²) < 4.78 is 68.6. The van der Waals surface area contributed by atoms with Crippen molar-refractivity contribution in [1.29, 1.82) is 0 Å². The number of benzene rings is 3. The van der Waals surface area contributed by atoms with Crippen LogP contribution in [0.2, 0.25) is 0 Å². The number of rotatable bonds is 5. The van der Waals surface area contributed by atoms with Crippen LogP contribution in [0.5, 0.6) is 0 Å². The van der Waals surface area contributed by atoms with Crippen LogP contribution in [0.3, 0.4) is 0 Å². The molecule has 1 N–H and O–H groups in total. The van der Waals surface area contributed by atoms with Crippen molar-refractivity contribution in [3.05, 3.63) is 110 Å². The maximum absolute atomic E-state index is 13.8. The monoisotopic (exact) mass is 631 g/mol. The minimum atomic E-state index is -4.71. The number of fused-ring (bicyclic) bond motifs is 2. The van der Waals surface area contributed by atoms with Crippen LogP contribution in [0.1, 0.15) is 21.9 Å². The maximum Gasteiger partial charge on any atom is 0.416 e. The average Bonchev–Trinajstić information content (AvgIpc) is 3.40. The van der Waals surface area contributed by atoms with Gasteiger partial charge in [-0.15, -0.1) is 0 Å². The summed E-state index contributed by atoms with van der Waals surface area (Å²) in [6.45, 7) is -0.470. The minimum Gasteiger partial charge on any atom is -0.325 e. The lowest BCUT2D eigenvalue weighted by atomic mass is 9.83. The molecule has 1 saturated heterocycles. The summed E-state index contributed by atoms with van der Waals surface area (Å²) in [7, 11) is 0. The van der Waals surface area contributed by atoms with Gasteiger partial charge in [0.2, 0.25) is 17.7 Å². The Balaban J connectivity index is 1.40. The first-order valence-corrected chi connectivity index (χ1v) is 14.4. The Labute approximate surface area is 247 Å². The van der Waals surface area contributed by atoms with E-state index in [0.717, 1.165) is 70.1 Å².